The van der Waals surface area contributed by atoms with Crippen molar-refractivity contribution in [3.8, 4) is 11.5 Å². The predicted molar refractivity (Wildman–Crippen MR) is 207 cm³/mol. The number of pyridine rings is 1. The molecule has 3 aliphatic carbocycles. The molecule has 3 heterocycles. The van der Waals surface area contributed by atoms with Crippen LogP contribution in [-0.4, -0.2) is 145 Å². The molecule has 7 atom stereocenters. The fraction of sp³-hybridized carbons (Fsp3) is 0.425. The highest BCUT2D eigenvalue weighted by atomic mass is 19.1. The second-order valence-electron chi connectivity index (χ2n) is 16.0. The number of Topliss-reactive ketones (excluding diaryl/α,β-unsaturated/α-hetero) is 2. The minimum absolute atomic E-state index is 0.00664. The van der Waals surface area contributed by atoms with E-state index in [2.05, 4.69) is 4.90 Å². The Morgan fingerprint density at radius 1 is 1.05 bits per heavy atom. The van der Waals surface area contributed by atoms with Crippen molar-refractivity contribution in [3.05, 3.63) is 80.1 Å². The molecule has 2 aromatic carbocycles. The van der Waals surface area contributed by atoms with Crippen molar-refractivity contribution in [3.63, 3.8) is 0 Å². The maximum absolute atomic E-state index is 15.0. The van der Waals surface area contributed by atoms with Crippen LogP contribution in [-0.2, 0) is 20.0 Å². The lowest BCUT2D eigenvalue weighted by Gasteiger charge is -2.55. The number of ether oxygens (including phenoxy) is 1. The number of aromatic carboxylic acids is 1. The molecule has 1 aromatic heterocycles. The number of piperazine rings is 1. The Hall–Kier alpha value is -5.86. The van der Waals surface area contributed by atoms with Crippen LogP contribution >= 0.6 is 0 Å². The number of carboxylic acid groups (broad SMARTS) is 1. The van der Waals surface area contributed by atoms with Gasteiger partial charge in [-0.1, -0.05) is 12.1 Å². The van der Waals surface area contributed by atoms with Crippen LogP contribution in [0.25, 0.3) is 16.7 Å². The summed E-state index contributed by atoms with van der Waals surface area (Å²) in [5.74, 6) is -11.2. The third-order valence-corrected chi connectivity index (χ3v) is 12.2. The molecule has 0 bridgehead atoms. The Morgan fingerprint density at radius 3 is 2.29 bits per heavy atom. The molecule has 59 heavy (non-hydrogen) atoms. The number of nitrogens with two attached hydrogens (primary N) is 1. The topological polar surface area (TPSA) is 277 Å². The Kier molecular flexibility index (Phi) is 9.91. The Labute approximate surface area is 335 Å². The average molecular weight is 822 g/mol. The largest absolute Gasteiger partial charge is 0.508 e. The van der Waals surface area contributed by atoms with Gasteiger partial charge in [-0.05, 0) is 52.7 Å². The van der Waals surface area contributed by atoms with Crippen LogP contribution in [0, 0.1) is 17.7 Å². The summed E-state index contributed by atoms with van der Waals surface area (Å²) < 4.78 is 22.6. The molecule has 314 valence electrons. The summed E-state index contributed by atoms with van der Waals surface area (Å²) >= 11 is 0. The zero-order chi connectivity index (χ0) is 43.4. The van der Waals surface area contributed by atoms with Crippen molar-refractivity contribution < 1.29 is 64.1 Å². The molecule has 3 aromatic rings. The first-order valence-electron chi connectivity index (χ1n) is 18.7. The summed E-state index contributed by atoms with van der Waals surface area (Å²) in [6, 6.07) is 3.50. The lowest BCUT2D eigenvalue weighted by molar-refractivity contribution is -0.181. The fourth-order valence-corrected chi connectivity index (χ4v) is 9.29. The van der Waals surface area contributed by atoms with E-state index >= 15 is 0 Å². The number of phenols is 1. The Balaban J connectivity index is 0.000000184. The number of carboxylic acids is 1. The van der Waals surface area contributed by atoms with Gasteiger partial charge < -0.3 is 60.6 Å². The number of aliphatic hydroxyl groups is 5. The Morgan fingerprint density at radius 2 is 1.69 bits per heavy atom. The van der Waals surface area contributed by atoms with E-state index in [0.717, 1.165) is 19.2 Å². The third-order valence-electron chi connectivity index (χ3n) is 12.2. The summed E-state index contributed by atoms with van der Waals surface area (Å²) in [4.78, 5) is 68.0. The van der Waals surface area contributed by atoms with Crippen LogP contribution in [0.3, 0.4) is 0 Å². The van der Waals surface area contributed by atoms with E-state index in [1.165, 1.54) is 50.3 Å². The normalized spacial score (nSPS) is 29.1. The lowest BCUT2D eigenvalue weighted by Crippen LogP contribution is -2.71. The van der Waals surface area contributed by atoms with Crippen molar-refractivity contribution in [2.24, 2.45) is 17.6 Å². The van der Waals surface area contributed by atoms with Crippen LogP contribution in [0.1, 0.15) is 41.4 Å². The molecule has 1 saturated carbocycles. The molecule has 1 unspecified atom stereocenters. The van der Waals surface area contributed by atoms with Gasteiger partial charge in [0, 0.05) is 32.4 Å². The van der Waals surface area contributed by atoms with Crippen LogP contribution in [0.2, 0.25) is 0 Å². The molecular weight excluding hydrogens is 777 g/mol. The van der Waals surface area contributed by atoms with Crippen LogP contribution in [0.5, 0.6) is 11.5 Å². The molecule has 19 heteroatoms. The van der Waals surface area contributed by atoms with E-state index in [1.54, 1.807) is 4.57 Å². The zero-order valence-corrected chi connectivity index (χ0v) is 32.6. The van der Waals surface area contributed by atoms with Crippen molar-refractivity contribution in [2.75, 3.05) is 58.8 Å². The number of carbonyl (C=O) groups is 4. The number of benzene rings is 2. The monoisotopic (exact) mass is 821 g/mol. The number of fused-ring (bicyclic) bond motifs is 3. The highest BCUT2D eigenvalue weighted by molar-refractivity contribution is 6.24. The summed E-state index contributed by atoms with van der Waals surface area (Å²) in [7, 11) is 4.81. The number of hydrogen-bond donors (Lipinski definition) is 8. The average Bonchev–Trinajstić information content (AvgIpc) is 3.15. The molecule has 0 radical (unpaired) electrons. The van der Waals surface area contributed by atoms with Crippen LogP contribution in [0.4, 0.5) is 10.1 Å². The number of rotatable bonds is 4. The number of likely N-dealkylation sites (N-methyl/N-ethyl adjacent to an activating group) is 2. The maximum atomic E-state index is 15.0. The molecule has 18 nitrogen and oxygen atoms in total. The van der Waals surface area contributed by atoms with E-state index in [9.17, 15) is 64.1 Å². The number of anilines is 1. The third kappa shape index (κ3) is 5.89. The lowest BCUT2D eigenvalue weighted by atomic mass is 9.53. The van der Waals surface area contributed by atoms with Gasteiger partial charge in [-0.15, -0.1) is 0 Å². The number of aliphatic hydroxyl groups excluding tert-OH is 3. The van der Waals surface area contributed by atoms with Gasteiger partial charge in [0.25, 0.3) is 5.91 Å². The van der Waals surface area contributed by atoms with Gasteiger partial charge in [0.15, 0.2) is 23.0 Å². The number of hydrogen-bond acceptors (Lipinski definition) is 15. The van der Waals surface area contributed by atoms with Crippen LogP contribution in [0.15, 0.2) is 52.2 Å². The Bertz CT molecular complexity index is 2490. The van der Waals surface area contributed by atoms with E-state index in [0.29, 0.717) is 30.0 Å². The molecule has 8 rings (SSSR count). The van der Waals surface area contributed by atoms with Crippen LogP contribution < -0.4 is 20.8 Å². The molecule has 9 N–H and O–H groups in total. The van der Waals surface area contributed by atoms with Gasteiger partial charge >= 0.3 is 5.97 Å². The number of halogens is 1. The standard InChI is InChI=1S/C22H24N2O9.C18H20FN3O4/c1-21(32)7-5-4-6-8(25)9(7)15(26)10-12(21)17(28)13-14(24(2)3)16(27)11(20(23)31)19(30)22(13,33)18(10)29;1-10-9-26-17-14-11(16(23)12(18(24)25)8-22(10)14)7-13(19)15(17)21-5-3-20(2)4-6-21/h4-6,12-14,17,25-26,28,30,32-33H,1-3H3,(H2,23,31);7-8,10H,3-6,9H2,1-2H3,(H,24,25)/t12-,13-,14+,17+,21-,22+;/m1./s1. The molecule has 0 spiro atoms. The summed E-state index contributed by atoms with van der Waals surface area (Å²) in [5.41, 5.74) is -2.00. The van der Waals surface area contributed by atoms with Gasteiger partial charge in [0.1, 0.15) is 40.7 Å². The number of aromatic nitrogens is 1. The first-order chi connectivity index (χ1) is 27.6. The van der Waals surface area contributed by atoms with Gasteiger partial charge in [-0.3, -0.25) is 24.1 Å². The van der Waals surface area contributed by atoms with Gasteiger partial charge in [-0.25, -0.2) is 9.18 Å². The van der Waals surface area contributed by atoms with Crippen molar-refractivity contribution in [2.45, 2.75) is 43.2 Å². The molecule has 2 fully saturated rings. The highest BCUT2D eigenvalue weighted by Gasteiger charge is 2.70. The quantitative estimate of drug-likeness (QED) is 0.163. The SMILES string of the molecule is CC1COc2c(N3CCN(C)CC3)c(F)cc3c(=O)c(C(=O)O)cn1c23.CN(C)[C@@H]1C(=O)C(C(N)=O)=C(O)[C@@]2(O)C(=O)C3=C(O)c4c(O)cccc4[C@@](C)(O)[C@H]3[C@H](O)[C@@H]12. The zero-order valence-electron chi connectivity index (χ0n) is 32.6. The van der Waals surface area contributed by atoms with E-state index in [1.807, 2.05) is 18.9 Å². The smallest absolute Gasteiger partial charge is 0.341 e. The number of phenolic OH excluding ortho intramolecular Hbond substituents is 1. The van der Waals surface area contributed by atoms with Crippen molar-refractivity contribution >= 4 is 45.8 Å². The van der Waals surface area contributed by atoms with Gasteiger partial charge in [0.05, 0.1) is 57.7 Å². The fourth-order valence-electron chi connectivity index (χ4n) is 9.29. The van der Waals surface area contributed by atoms with E-state index in [4.69, 9.17) is 10.5 Å². The highest BCUT2D eigenvalue weighted by Crippen LogP contribution is 2.57. The summed E-state index contributed by atoms with van der Waals surface area (Å²) in [6.45, 7) is 6.33. The first-order valence-corrected chi connectivity index (χ1v) is 18.7. The molecular formula is C40H44FN5O13. The molecule has 1 saturated heterocycles. The summed E-state index contributed by atoms with van der Waals surface area (Å²) in [5, 5.41) is 75.7. The minimum Gasteiger partial charge on any atom is -0.508 e. The number of ketones is 2. The second-order valence-corrected chi connectivity index (χ2v) is 16.0. The number of nitrogens with zero attached hydrogens (tertiary/aromatic N) is 4. The first kappa shape index (κ1) is 41.3. The van der Waals surface area contributed by atoms with Crippen molar-refractivity contribution in [1.82, 2.24) is 14.4 Å². The van der Waals surface area contributed by atoms with Gasteiger partial charge in [0.2, 0.25) is 11.2 Å². The number of primary amides is 1. The number of amides is 1. The molecule has 2 aliphatic heterocycles. The summed E-state index contributed by atoms with van der Waals surface area (Å²) in [6.07, 6.45) is -0.529. The molecule has 1 amide bonds. The minimum atomic E-state index is -3.02. The maximum Gasteiger partial charge on any atom is 0.341 e. The van der Waals surface area contributed by atoms with Gasteiger partial charge in [-0.2, -0.15) is 0 Å². The predicted octanol–water partition coefficient (Wildman–Crippen LogP) is 0.144. The number of aromatic hydroxyl groups is 1. The second kappa shape index (κ2) is 14.2. The van der Waals surface area contributed by atoms with E-state index < -0.39 is 98.3 Å². The molecule has 5 aliphatic rings. The van der Waals surface area contributed by atoms with E-state index in [-0.39, 0.29) is 34.7 Å². The van der Waals surface area contributed by atoms with Crippen molar-refractivity contribution in [1.29, 1.82) is 0 Å². The number of carbonyl (C=O) groups excluding carboxylic acids is 3.